The molecule has 0 bridgehead atoms. The summed E-state index contributed by atoms with van der Waals surface area (Å²) >= 11 is 0. The lowest BCUT2D eigenvalue weighted by molar-refractivity contribution is -0.143. The molecule has 0 aromatic heterocycles. The minimum Gasteiger partial charge on any atom is -0.450 e. The molecule has 68 valence electrons. The Kier molecular flexibility index (Phi) is 5.14. The molecule has 0 N–H and O–H groups in total. The molecule has 0 saturated carbocycles. The van der Waals surface area contributed by atoms with Gasteiger partial charge in [-0.05, 0) is 13.8 Å². The Hall–Kier alpha value is -1.01. The Morgan fingerprint density at radius 2 is 1.75 bits per heavy atom. The molecule has 2 atom stereocenters. The molecule has 0 rings (SSSR count). The molecule has 0 aliphatic rings. The fraction of sp³-hybridized carbons (Fsp3) is 0.667. The first kappa shape index (κ1) is 11.0. The lowest BCUT2D eigenvalue weighted by atomic mass is 10.3. The molecule has 0 fully saturated rings. The number of hydrogen-bond donors (Lipinski definition) is 0. The molecule has 0 amide bonds. The van der Waals surface area contributed by atoms with E-state index in [0.717, 1.165) is 0 Å². The van der Waals surface area contributed by atoms with Crippen LogP contribution < -0.4 is 0 Å². The van der Waals surface area contributed by atoms with Crippen LogP contribution in [0.3, 0.4) is 0 Å². The highest BCUT2D eigenvalue weighted by atomic mass is 16.5. The largest absolute Gasteiger partial charge is 0.450 e. The maximum atomic E-state index is 10.4. The summed E-state index contributed by atoms with van der Waals surface area (Å²) in [6.07, 6.45) is -0.483. The third-order valence-corrected chi connectivity index (χ3v) is 1.19. The van der Waals surface area contributed by atoms with Crippen molar-refractivity contribution in [3.05, 3.63) is 0 Å². The van der Waals surface area contributed by atoms with E-state index in [1.807, 2.05) is 6.92 Å². The Morgan fingerprint density at radius 1 is 1.25 bits per heavy atom. The van der Waals surface area contributed by atoms with Crippen molar-refractivity contribution in [2.45, 2.75) is 33.0 Å². The van der Waals surface area contributed by atoms with Gasteiger partial charge in [0.1, 0.15) is 6.10 Å². The van der Waals surface area contributed by atoms with Crippen LogP contribution >= 0.6 is 0 Å². The highest BCUT2D eigenvalue weighted by Crippen LogP contribution is 1.90. The molecular formula is C9H14O3. The average Bonchev–Trinajstić information content (AvgIpc) is 1.99. The fourth-order valence-corrected chi connectivity index (χ4v) is 0.572. The third-order valence-electron chi connectivity index (χ3n) is 1.19. The van der Waals surface area contributed by atoms with Gasteiger partial charge in [0.25, 0.3) is 0 Å². The van der Waals surface area contributed by atoms with E-state index >= 15 is 0 Å². The lowest BCUT2D eigenvalue weighted by Gasteiger charge is -2.04. The van der Waals surface area contributed by atoms with Crippen LogP contribution in [0.5, 0.6) is 0 Å². The molecule has 0 heterocycles. The van der Waals surface area contributed by atoms with E-state index in [2.05, 4.69) is 11.8 Å². The van der Waals surface area contributed by atoms with Gasteiger partial charge in [0, 0.05) is 14.0 Å². The molecule has 0 aromatic rings. The zero-order valence-corrected chi connectivity index (χ0v) is 7.88. The van der Waals surface area contributed by atoms with E-state index in [9.17, 15) is 4.79 Å². The fourth-order valence-electron chi connectivity index (χ4n) is 0.572. The topological polar surface area (TPSA) is 35.5 Å². The van der Waals surface area contributed by atoms with Gasteiger partial charge < -0.3 is 9.47 Å². The maximum absolute atomic E-state index is 10.4. The van der Waals surface area contributed by atoms with Crippen molar-refractivity contribution in [2.75, 3.05) is 7.11 Å². The molecule has 0 radical (unpaired) electrons. The second kappa shape index (κ2) is 5.62. The van der Waals surface area contributed by atoms with Gasteiger partial charge >= 0.3 is 5.97 Å². The van der Waals surface area contributed by atoms with E-state index in [0.29, 0.717) is 0 Å². The van der Waals surface area contributed by atoms with Gasteiger partial charge in [0.2, 0.25) is 0 Å². The van der Waals surface area contributed by atoms with Crippen molar-refractivity contribution < 1.29 is 14.3 Å². The molecule has 0 aromatic carbocycles. The molecule has 12 heavy (non-hydrogen) atoms. The Labute approximate surface area is 73.0 Å². The van der Waals surface area contributed by atoms with Gasteiger partial charge in [-0.2, -0.15) is 0 Å². The third kappa shape index (κ3) is 5.75. The monoisotopic (exact) mass is 170 g/mol. The minimum atomic E-state index is -0.361. The number of carbonyl (C=O) groups is 1. The SMILES string of the molecule is COC(C)C#CC(C)OC(C)=O. The Bertz CT molecular complexity index is 200. The van der Waals surface area contributed by atoms with Crippen LogP contribution in [0.25, 0.3) is 0 Å². The number of carbonyl (C=O) groups excluding carboxylic acids is 1. The summed E-state index contributed by atoms with van der Waals surface area (Å²) < 4.78 is 9.67. The molecular weight excluding hydrogens is 156 g/mol. The highest BCUT2D eigenvalue weighted by Gasteiger charge is 1.99. The predicted octanol–water partition coefficient (Wildman–Crippen LogP) is 0.976. The van der Waals surface area contributed by atoms with Crippen molar-refractivity contribution in [3.8, 4) is 11.8 Å². The van der Waals surface area contributed by atoms with Gasteiger partial charge in [-0.1, -0.05) is 11.8 Å². The van der Waals surface area contributed by atoms with Crippen molar-refractivity contribution >= 4 is 5.97 Å². The smallest absolute Gasteiger partial charge is 0.303 e. The molecule has 0 aliphatic heterocycles. The summed E-state index contributed by atoms with van der Waals surface area (Å²) in [4.78, 5) is 10.4. The van der Waals surface area contributed by atoms with Crippen molar-refractivity contribution in [3.63, 3.8) is 0 Å². The number of hydrogen-bond acceptors (Lipinski definition) is 3. The summed E-state index contributed by atoms with van der Waals surface area (Å²) in [6.45, 7) is 4.90. The standard InChI is InChI=1S/C9H14O3/c1-7(11-4)5-6-8(2)12-9(3)10/h7-8H,1-4H3. The zero-order valence-electron chi connectivity index (χ0n) is 7.88. The zero-order chi connectivity index (χ0) is 9.56. The summed E-state index contributed by atoms with van der Waals surface area (Å²) in [6, 6.07) is 0. The van der Waals surface area contributed by atoms with Crippen LogP contribution in [0, 0.1) is 11.8 Å². The Balaban J connectivity index is 3.86. The van der Waals surface area contributed by atoms with Crippen LogP contribution in [0.1, 0.15) is 20.8 Å². The second-order valence-electron chi connectivity index (χ2n) is 2.42. The van der Waals surface area contributed by atoms with Crippen molar-refractivity contribution in [2.24, 2.45) is 0 Å². The first-order valence-corrected chi connectivity index (χ1v) is 3.77. The molecule has 2 unspecified atom stereocenters. The average molecular weight is 170 g/mol. The molecule has 0 saturated heterocycles. The van der Waals surface area contributed by atoms with Crippen LogP contribution in [0.4, 0.5) is 0 Å². The van der Waals surface area contributed by atoms with E-state index in [1.54, 1.807) is 14.0 Å². The Morgan fingerprint density at radius 3 is 2.17 bits per heavy atom. The first-order valence-electron chi connectivity index (χ1n) is 3.77. The van der Waals surface area contributed by atoms with E-state index in [-0.39, 0.29) is 18.2 Å². The predicted molar refractivity (Wildman–Crippen MR) is 45.5 cm³/mol. The number of rotatable bonds is 2. The van der Waals surface area contributed by atoms with E-state index in [4.69, 9.17) is 9.47 Å². The summed E-state index contributed by atoms with van der Waals surface area (Å²) in [7, 11) is 1.58. The summed E-state index contributed by atoms with van der Waals surface area (Å²) in [5.41, 5.74) is 0. The summed E-state index contributed by atoms with van der Waals surface area (Å²) in [5, 5.41) is 0. The van der Waals surface area contributed by atoms with Gasteiger partial charge in [-0.25, -0.2) is 0 Å². The summed E-state index contributed by atoms with van der Waals surface area (Å²) in [5.74, 6) is 5.22. The van der Waals surface area contributed by atoms with E-state index in [1.165, 1.54) is 6.92 Å². The minimum absolute atomic E-state index is 0.122. The normalized spacial score (nSPS) is 14.0. The van der Waals surface area contributed by atoms with Crippen LogP contribution in [-0.2, 0) is 14.3 Å². The number of esters is 1. The maximum Gasteiger partial charge on any atom is 0.303 e. The molecule has 3 heteroatoms. The number of ether oxygens (including phenoxy) is 2. The van der Waals surface area contributed by atoms with Gasteiger partial charge in [-0.15, -0.1) is 0 Å². The van der Waals surface area contributed by atoms with Crippen LogP contribution in [0.2, 0.25) is 0 Å². The lowest BCUT2D eigenvalue weighted by Crippen LogP contribution is -2.10. The van der Waals surface area contributed by atoms with Crippen molar-refractivity contribution in [1.29, 1.82) is 0 Å². The van der Waals surface area contributed by atoms with Crippen molar-refractivity contribution in [1.82, 2.24) is 0 Å². The molecule has 0 aliphatic carbocycles. The van der Waals surface area contributed by atoms with E-state index < -0.39 is 0 Å². The van der Waals surface area contributed by atoms with Crippen LogP contribution in [-0.4, -0.2) is 25.3 Å². The van der Waals surface area contributed by atoms with Gasteiger partial charge in [0.15, 0.2) is 6.10 Å². The van der Waals surface area contributed by atoms with Crippen LogP contribution in [0.15, 0.2) is 0 Å². The molecule has 0 spiro atoms. The van der Waals surface area contributed by atoms with Gasteiger partial charge in [0.05, 0.1) is 0 Å². The second-order valence-corrected chi connectivity index (χ2v) is 2.42. The first-order chi connectivity index (χ1) is 5.56. The van der Waals surface area contributed by atoms with Gasteiger partial charge in [-0.3, -0.25) is 4.79 Å². The quantitative estimate of drug-likeness (QED) is 0.457. The highest BCUT2D eigenvalue weighted by molar-refractivity contribution is 5.66. The molecule has 3 nitrogen and oxygen atoms in total. The number of methoxy groups -OCH3 is 1.